The van der Waals surface area contributed by atoms with Crippen LogP contribution < -0.4 is 0 Å². The molecule has 1 aliphatic rings. The van der Waals surface area contributed by atoms with Gasteiger partial charge in [0.25, 0.3) is 0 Å². The molecule has 1 aromatic rings. The number of nitrogens with zero attached hydrogens (tertiary/aromatic N) is 1. The Morgan fingerprint density at radius 3 is 3.00 bits per heavy atom. The first-order valence-electron chi connectivity index (χ1n) is 4.70. The molecule has 74 valence electrons. The molecule has 1 aromatic carbocycles. The van der Waals surface area contributed by atoms with Crippen molar-refractivity contribution in [3.63, 3.8) is 0 Å². The topological polar surface area (TPSA) is 21.6 Å². The van der Waals surface area contributed by atoms with E-state index in [1.54, 1.807) is 12.1 Å². The second kappa shape index (κ2) is 3.78. The minimum Gasteiger partial charge on any atom is -0.399 e. The minimum absolute atomic E-state index is 0.178. The molecule has 0 radical (unpaired) electrons. The standard InChI is InChI=1S/C11H12FNO/c1-14-13-11-4-2-3-8-7-9(12)5-6-10(8)11/h5-7H,2-4H2,1H3/b13-11+. The van der Waals surface area contributed by atoms with Crippen LogP contribution >= 0.6 is 0 Å². The van der Waals surface area contributed by atoms with Crippen LogP contribution in [0.1, 0.15) is 24.0 Å². The molecule has 0 saturated carbocycles. The molecule has 0 N–H and O–H groups in total. The van der Waals surface area contributed by atoms with Crippen molar-refractivity contribution >= 4 is 5.71 Å². The van der Waals surface area contributed by atoms with Crippen LogP contribution in [0, 0.1) is 5.82 Å². The van der Waals surface area contributed by atoms with Crippen molar-refractivity contribution in [2.24, 2.45) is 5.16 Å². The Labute approximate surface area is 82.4 Å². The maximum absolute atomic E-state index is 12.9. The molecule has 0 aromatic heterocycles. The lowest BCUT2D eigenvalue weighted by atomic mass is 9.90. The number of halogens is 1. The van der Waals surface area contributed by atoms with Gasteiger partial charge < -0.3 is 4.84 Å². The molecule has 0 atom stereocenters. The number of fused-ring (bicyclic) bond motifs is 1. The molecule has 0 fully saturated rings. The summed E-state index contributed by atoms with van der Waals surface area (Å²) in [6, 6.07) is 4.83. The summed E-state index contributed by atoms with van der Waals surface area (Å²) in [4.78, 5) is 4.76. The Bertz CT molecular complexity index is 374. The Kier molecular flexibility index (Phi) is 2.48. The van der Waals surface area contributed by atoms with E-state index < -0.39 is 0 Å². The van der Waals surface area contributed by atoms with Gasteiger partial charge in [0, 0.05) is 5.56 Å². The van der Waals surface area contributed by atoms with E-state index in [0.29, 0.717) is 0 Å². The number of rotatable bonds is 1. The molecule has 0 unspecified atom stereocenters. The smallest absolute Gasteiger partial charge is 0.123 e. The second-order valence-electron chi connectivity index (χ2n) is 3.38. The molecule has 0 heterocycles. The molecule has 0 spiro atoms. The van der Waals surface area contributed by atoms with E-state index >= 15 is 0 Å². The normalized spacial score (nSPS) is 18.0. The van der Waals surface area contributed by atoms with Crippen molar-refractivity contribution in [3.8, 4) is 0 Å². The van der Waals surface area contributed by atoms with E-state index in [-0.39, 0.29) is 5.82 Å². The zero-order chi connectivity index (χ0) is 9.97. The highest BCUT2D eigenvalue weighted by Crippen LogP contribution is 2.22. The zero-order valence-electron chi connectivity index (χ0n) is 8.09. The quantitative estimate of drug-likeness (QED) is 0.628. The van der Waals surface area contributed by atoms with Crippen molar-refractivity contribution in [2.75, 3.05) is 7.11 Å². The van der Waals surface area contributed by atoms with Gasteiger partial charge in [0.05, 0.1) is 5.71 Å². The van der Waals surface area contributed by atoms with Crippen LogP contribution in [0.15, 0.2) is 23.4 Å². The lowest BCUT2D eigenvalue weighted by Crippen LogP contribution is -2.12. The van der Waals surface area contributed by atoms with Crippen LogP contribution in [-0.2, 0) is 11.3 Å². The lowest BCUT2D eigenvalue weighted by Gasteiger charge is -2.16. The van der Waals surface area contributed by atoms with E-state index in [2.05, 4.69) is 5.16 Å². The monoisotopic (exact) mass is 193 g/mol. The molecule has 2 nitrogen and oxygen atoms in total. The molecule has 2 rings (SSSR count). The summed E-state index contributed by atoms with van der Waals surface area (Å²) in [5.74, 6) is -0.178. The van der Waals surface area contributed by atoms with Crippen LogP contribution in [-0.4, -0.2) is 12.8 Å². The summed E-state index contributed by atoms with van der Waals surface area (Å²) in [5.41, 5.74) is 2.99. The van der Waals surface area contributed by atoms with Crippen LogP contribution in [0.4, 0.5) is 4.39 Å². The number of aryl methyl sites for hydroxylation is 1. The average molecular weight is 193 g/mol. The summed E-state index contributed by atoms with van der Waals surface area (Å²) in [6.45, 7) is 0. The molecule has 0 saturated heterocycles. The van der Waals surface area contributed by atoms with Crippen molar-refractivity contribution in [3.05, 3.63) is 35.1 Å². The predicted octanol–water partition coefficient (Wildman–Crippen LogP) is 2.51. The molecule has 3 heteroatoms. The van der Waals surface area contributed by atoms with Gasteiger partial charge in [-0.25, -0.2) is 4.39 Å². The van der Waals surface area contributed by atoms with Gasteiger partial charge in [-0.05, 0) is 43.0 Å². The fourth-order valence-corrected chi connectivity index (χ4v) is 1.84. The van der Waals surface area contributed by atoms with Gasteiger partial charge >= 0.3 is 0 Å². The highest BCUT2D eigenvalue weighted by atomic mass is 19.1. The van der Waals surface area contributed by atoms with Gasteiger partial charge in [-0.2, -0.15) is 0 Å². The van der Waals surface area contributed by atoms with E-state index in [1.807, 2.05) is 0 Å². The fraction of sp³-hybridized carbons (Fsp3) is 0.364. The zero-order valence-corrected chi connectivity index (χ0v) is 8.09. The average Bonchev–Trinajstić information content (AvgIpc) is 2.18. The SMILES string of the molecule is CO/N=C1\CCCc2cc(F)ccc21. The maximum atomic E-state index is 12.9. The molecule has 1 aliphatic carbocycles. The summed E-state index contributed by atoms with van der Waals surface area (Å²) in [6.07, 6.45) is 2.85. The molecule has 0 bridgehead atoms. The number of benzene rings is 1. The van der Waals surface area contributed by atoms with Gasteiger partial charge in [-0.3, -0.25) is 0 Å². The highest BCUT2D eigenvalue weighted by molar-refractivity contribution is 6.02. The molecule has 14 heavy (non-hydrogen) atoms. The van der Waals surface area contributed by atoms with Crippen LogP contribution in [0.3, 0.4) is 0 Å². The van der Waals surface area contributed by atoms with E-state index in [0.717, 1.165) is 36.1 Å². The van der Waals surface area contributed by atoms with E-state index in [9.17, 15) is 4.39 Å². The highest BCUT2D eigenvalue weighted by Gasteiger charge is 2.16. The van der Waals surface area contributed by atoms with Gasteiger partial charge in [0.15, 0.2) is 0 Å². The van der Waals surface area contributed by atoms with Gasteiger partial charge in [0.2, 0.25) is 0 Å². The summed E-state index contributed by atoms with van der Waals surface area (Å²) in [7, 11) is 1.53. The van der Waals surface area contributed by atoms with Crippen molar-refractivity contribution in [1.29, 1.82) is 0 Å². The number of hydrogen-bond acceptors (Lipinski definition) is 2. The largest absolute Gasteiger partial charge is 0.399 e. The first kappa shape index (κ1) is 9.19. The van der Waals surface area contributed by atoms with Gasteiger partial charge in [-0.1, -0.05) is 5.16 Å². The van der Waals surface area contributed by atoms with Gasteiger partial charge in [0.1, 0.15) is 12.9 Å². The summed E-state index contributed by atoms with van der Waals surface area (Å²) < 4.78 is 12.9. The van der Waals surface area contributed by atoms with Crippen molar-refractivity contribution in [2.45, 2.75) is 19.3 Å². The third kappa shape index (κ3) is 1.62. The van der Waals surface area contributed by atoms with Gasteiger partial charge in [-0.15, -0.1) is 0 Å². The first-order valence-corrected chi connectivity index (χ1v) is 4.70. The van der Waals surface area contributed by atoms with Crippen LogP contribution in [0.2, 0.25) is 0 Å². The second-order valence-corrected chi connectivity index (χ2v) is 3.38. The molecular formula is C11H12FNO. The Morgan fingerprint density at radius 2 is 2.21 bits per heavy atom. The first-order chi connectivity index (χ1) is 6.81. The number of oxime groups is 1. The minimum atomic E-state index is -0.178. The third-order valence-corrected chi connectivity index (χ3v) is 2.44. The third-order valence-electron chi connectivity index (χ3n) is 2.44. The molecular weight excluding hydrogens is 181 g/mol. The Morgan fingerprint density at radius 1 is 1.36 bits per heavy atom. The summed E-state index contributed by atoms with van der Waals surface area (Å²) >= 11 is 0. The predicted molar refractivity (Wildman–Crippen MR) is 52.9 cm³/mol. The maximum Gasteiger partial charge on any atom is 0.123 e. The van der Waals surface area contributed by atoms with Crippen LogP contribution in [0.25, 0.3) is 0 Å². The Balaban J connectivity index is 2.45. The van der Waals surface area contributed by atoms with Crippen molar-refractivity contribution < 1.29 is 9.23 Å². The van der Waals surface area contributed by atoms with E-state index in [1.165, 1.54) is 13.2 Å². The van der Waals surface area contributed by atoms with Crippen molar-refractivity contribution in [1.82, 2.24) is 0 Å². The molecule has 0 aliphatic heterocycles. The Hall–Kier alpha value is -1.38. The number of hydrogen-bond donors (Lipinski definition) is 0. The van der Waals surface area contributed by atoms with E-state index in [4.69, 9.17) is 4.84 Å². The lowest BCUT2D eigenvalue weighted by molar-refractivity contribution is 0.212. The fourth-order valence-electron chi connectivity index (χ4n) is 1.84. The molecule has 0 amide bonds. The summed E-state index contributed by atoms with van der Waals surface area (Å²) in [5, 5.41) is 3.95. The van der Waals surface area contributed by atoms with Crippen LogP contribution in [0.5, 0.6) is 0 Å².